The van der Waals surface area contributed by atoms with Crippen molar-refractivity contribution in [1.29, 1.82) is 0 Å². The summed E-state index contributed by atoms with van der Waals surface area (Å²) >= 11 is 0. The standard InChI is InChI=1S/C14H17NO5/c1-9(17)10-2-3-13-12(6-10)15(7-11(18)8-16)14(19)4-5-20-13/h2-3,6,11,16,18H,4-5,7-8H2,1H3. The monoisotopic (exact) mass is 279 g/mol. The van der Waals surface area contributed by atoms with Crippen molar-refractivity contribution in [3.8, 4) is 5.75 Å². The van der Waals surface area contributed by atoms with Crippen LogP contribution in [0.3, 0.4) is 0 Å². The molecule has 20 heavy (non-hydrogen) atoms. The molecule has 2 N–H and O–H groups in total. The number of ether oxygens (including phenoxy) is 1. The molecule has 0 aliphatic carbocycles. The molecule has 0 aromatic heterocycles. The number of Topliss-reactive ketones (excluding diaryl/α,β-unsaturated/α-hetero) is 1. The molecule has 1 amide bonds. The number of ketones is 1. The summed E-state index contributed by atoms with van der Waals surface area (Å²) in [6.07, 6.45) is -0.853. The van der Waals surface area contributed by atoms with Gasteiger partial charge in [0.1, 0.15) is 5.75 Å². The lowest BCUT2D eigenvalue weighted by Crippen LogP contribution is -2.38. The van der Waals surface area contributed by atoms with E-state index in [4.69, 9.17) is 9.84 Å². The van der Waals surface area contributed by atoms with E-state index in [2.05, 4.69) is 0 Å². The Morgan fingerprint density at radius 3 is 2.90 bits per heavy atom. The first-order chi connectivity index (χ1) is 9.52. The molecule has 6 nitrogen and oxygen atoms in total. The quantitative estimate of drug-likeness (QED) is 0.777. The average molecular weight is 279 g/mol. The number of hydrogen-bond donors (Lipinski definition) is 2. The Kier molecular flexibility index (Phi) is 4.36. The minimum absolute atomic E-state index is 0.0347. The number of anilines is 1. The van der Waals surface area contributed by atoms with Gasteiger partial charge in [0.2, 0.25) is 5.91 Å². The van der Waals surface area contributed by atoms with Gasteiger partial charge in [-0.3, -0.25) is 9.59 Å². The molecule has 1 atom stereocenters. The van der Waals surface area contributed by atoms with Crippen LogP contribution in [-0.4, -0.2) is 47.8 Å². The summed E-state index contributed by atoms with van der Waals surface area (Å²) in [7, 11) is 0. The fourth-order valence-electron chi connectivity index (χ4n) is 2.06. The zero-order valence-electron chi connectivity index (χ0n) is 11.2. The molecular formula is C14H17NO5. The smallest absolute Gasteiger partial charge is 0.230 e. The van der Waals surface area contributed by atoms with E-state index in [9.17, 15) is 14.7 Å². The summed E-state index contributed by atoms with van der Waals surface area (Å²) in [5, 5.41) is 18.5. The number of nitrogens with zero attached hydrogens (tertiary/aromatic N) is 1. The van der Waals surface area contributed by atoms with Gasteiger partial charge in [-0.2, -0.15) is 0 Å². The van der Waals surface area contributed by atoms with Crippen molar-refractivity contribution >= 4 is 17.4 Å². The van der Waals surface area contributed by atoms with Crippen molar-refractivity contribution in [3.05, 3.63) is 23.8 Å². The van der Waals surface area contributed by atoms with E-state index < -0.39 is 12.7 Å². The second-order valence-corrected chi connectivity index (χ2v) is 4.68. The van der Waals surface area contributed by atoms with E-state index in [0.717, 1.165) is 0 Å². The number of carbonyl (C=O) groups is 2. The summed E-state index contributed by atoms with van der Waals surface area (Å²) in [6.45, 7) is 1.21. The number of rotatable bonds is 4. The lowest BCUT2D eigenvalue weighted by Gasteiger charge is -2.24. The Morgan fingerprint density at radius 2 is 2.25 bits per heavy atom. The van der Waals surface area contributed by atoms with Crippen molar-refractivity contribution in [2.75, 3.05) is 24.7 Å². The number of aliphatic hydroxyl groups excluding tert-OH is 2. The van der Waals surface area contributed by atoms with Gasteiger partial charge in [0.25, 0.3) is 0 Å². The third-order valence-electron chi connectivity index (χ3n) is 3.13. The molecule has 0 spiro atoms. The summed E-state index contributed by atoms with van der Waals surface area (Å²) in [4.78, 5) is 24.9. The molecule has 0 bridgehead atoms. The van der Waals surface area contributed by atoms with E-state index in [1.54, 1.807) is 18.2 Å². The van der Waals surface area contributed by atoms with Crippen molar-refractivity contribution in [3.63, 3.8) is 0 Å². The predicted molar refractivity (Wildman–Crippen MR) is 72.0 cm³/mol. The van der Waals surface area contributed by atoms with Gasteiger partial charge in [-0.15, -0.1) is 0 Å². The summed E-state index contributed by atoms with van der Waals surface area (Å²) in [6, 6.07) is 4.85. The zero-order chi connectivity index (χ0) is 14.7. The normalized spacial score (nSPS) is 16.1. The van der Waals surface area contributed by atoms with Crippen LogP contribution < -0.4 is 9.64 Å². The van der Waals surface area contributed by atoms with E-state index in [-0.39, 0.29) is 31.3 Å². The highest BCUT2D eigenvalue weighted by molar-refractivity contribution is 5.99. The summed E-state index contributed by atoms with van der Waals surface area (Å²) in [5.74, 6) is 0.162. The van der Waals surface area contributed by atoms with Crippen LogP contribution in [0.5, 0.6) is 5.75 Å². The fraction of sp³-hybridized carbons (Fsp3) is 0.429. The van der Waals surface area contributed by atoms with Crippen LogP contribution in [0.2, 0.25) is 0 Å². The number of β-amino-alcohol motifs (C(OH)–C–C–N with tert-alkyl or cyclic N) is 1. The lowest BCUT2D eigenvalue weighted by molar-refractivity contribution is -0.119. The van der Waals surface area contributed by atoms with Crippen molar-refractivity contribution < 1.29 is 24.5 Å². The minimum Gasteiger partial charge on any atom is -0.491 e. The van der Waals surface area contributed by atoms with Gasteiger partial charge in [0, 0.05) is 5.56 Å². The van der Waals surface area contributed by atoms with E-state index in [1.165, 1.54) is 11.8 Å². The number of benzene rings is 1. The molecule has 108 valence electrons. The topological polar surface area (TPSA) is 87.1 Å². The molecule has 1 heterocycles. The number of amides is 1. The first-order valence-electron chi connectivity index (χ1n) is 6.40. The predicted octanol–water partition coefficient (Wildman–Crippen LogP) is 0.358. The van der Waals surface area contributed by atoms with Gasteiger partial charge < -0.3 is 19.8 Å². The van der Waals surface area contributed by atoms with E-state index in [1.807, 2.05) is 0 Å². The third-order valence-corrected chi connectivity index (χ3v) is 3.13. The van der Waals surface area contributed by atoms with Gasteiger partial charge in [-0.1, -0.05) is 0 Å². The van der Waals surface area contributed by atoms with Crippen molar-refractivity contribution in [2.45, 2.75) is 19.4 Å². The van der Waals surface area contributed by atoms with Gasteiger partial charge >= 0.3 is 0 Å². The zero-order valence-corrected chi connectivity index (χ0v) is 11.2. The number of hydrogen-bond acceptors (Lipinski definition) is 5. The first kappa shape index (κ1) is 14.5. The molecule has 0 saturated heterocycles. The van der Waals surface area contributed by atoms with Gasteiger partial charge in [0.15, 0.2) is 5.78 Å². The second kappa shape index (κ2) is 6.02. The highest BCUT2D eigenvalue weighted by Gasteiger charge is 2.25. The molecule has 1 aromatic carbocycles. The van der Waals surface area contributed by atoms with Crippen molar-refractivity contribution in [1.82, 2.24) is 0 Å². The number of fused-ring (bicyclic) bond motifs is 1. The van der Waals surface area contributed by atoms with E-state index >= 15 is 0 Å². The van der Waals surface area contributed by atoms with Gasteiger partial charge in [-0.05, 0) is 25.1 Å². The fourth-order valence-corrected chi connectivity index (χ4v) is 2.06. The number of aliphatic hydroxyl groups is 2. The Bertz CT molecular complexity index is 528. The molecule has 1 aliphatic rings. The molecule has 1 aliphatic heterocycles. The van der Waals surface area contributed by atoms with Crippen LogP contribution in [0.25, 0.3) is 0 Å². The maximum Gasteiger partial charge on any atom is 0.230 e. The van der Waals surface area contributed by atoms with Crippen LogP contribution in [-0.2, 0) is 4.79 Å². The average Bonchev–Trinajstić information content (AvgIpc) is 2.58. The van der Waals surface area contributed by atoms with Crippen LogP contribution in [0.4, 0.5) is 5.69 Å². The van der Waals surface area contributed by atoms with Crippen LogP contribution in [0.1, 0.15) is 23.7 Å². The minimum atomic E-state index is -1.04. The molecule has 0 radical (unpaired) electrons. The first-order valence-corrected chi connectivity index (χ1v) is 6.40. The number of carbonyl (C=O) groups excluding carboxylic acids is 2. The van der Waals surface area contributed by atoms with Crippen LogP contribution in [0.15, 0.2) is 18.2 Å². The molecular weight excluding hydrogens is 262 g/mol. The van der Waals surface area contributed by atoms with Crippen molar-refractivity contribution in [2.24, 2.45) is 0 Å². The molecule has 2 rings (SSSR count). The van der Waals surface area contributed by atoms with E-state index in [0.29, 0.717) is 17.0 Å². The maximum absolute atomic E-state index is 12.1. The lowest BCUT2D eigenvalue weighted by atomic mass is 10.1. The molecule has 1 unspecified atom stereocenters. The maximum atomic E-state index is 12.1. The molecule has 6 heteroatoms. The summed E-state index contributed by atoms with van der Waals surface area (Å²) < 4.78 is 5.48. The van der Waals surface area contributed by atoms with Gasteiger partial charge in [-0.25, -0.2) is 0 Å². The Balaban J connectivity index is 2.42. The van der Waals surface area contributed by atoms with Crippen LogP contribution in [0, 0.1) is 0 Å². The largest absolute Gasteiger partial charge is 0.491 e. The molecule has 0 saturated carbocycles. The SMILES string of the molecule is CC(=O)c1ccc2c(c1)N(CC(O)CO)C(=O)CCO2. The molecule has 0 fully saturated rings. The Hall–Kier alpha value is -1.92. The Labute approximate surface area is 116 Å². The summed E-state index contributed by atoms with van der Waals surface area (Å²) in [5.41, 5.74) is 0.915. The molecule has 1 aromatic rings. The third kappa shape index (κ3) is 2.97. The van der Waals surface area contributed by atoms with Gasteiger partial charge in [0.05, 0.1) is 38.0 Å². The van der Waals surface area contributed by atoms with Crippen LogP contribution >= 0.6 is 0 Å². The highest BCUT2D eigenvalue weighted by Crippen LogP contribution is 2.32. The highest BCUT2D eigenvalue weighted by atomic mass is 16.5. The second-order valence-electron chi connectivity index (χ2n) is 4.68. The Morgan fingerprint density at radius 1 is 1.50 bits per heavy atom.